The van der Waals surface area contributed by atoms with E-state index in [9.17, 15) is 19.7 Å². The summed E-state index contributed by atoms with van der Waals surface area (Å²) in [5.41, 5.74) is 1.23. The van der Waals surface area contributed by atoms with Gasteiger partial charge in [0.15, 0.2) is 0 Å². The van der Waals surface area contributed by atoms with Gasteiger partial charge >= 0.3 is 11.7 Å². The van der Waals surface area contributed by atoms with Gasteiger partial charge in [0.2, 0.25) is 5.91 Å². The molecule has 2 aromatic rings. The third kappa shape index (κ3) is 3.91. The van der Waals surface area contributed by atoms with Crippen LogP contribution in [-0.4, -0.2) is 33.2 Å². The molecule has 1 N–H and O–H groups in total. The van der Waals surface area contributed by atoms with Crippen molar-refractivity contribution in [3.63, 3.8) is 0 Å². The Kier molecular flexibility index (Phi) is 6.08. The highest BCUT2D eigenvalue weighted by Gasteiger charge is 2.29. The highest BCUT2D eigenvalue weighted by atomic mass is 32.1. The molecule has 2 aromatic heterocycles. The van der Waals surface area contributed by atoms with Crippen LogP contribution >= 0.6 is 11.3 Å². The summed E-state index contributed by atoms with van der Waals surface area (Å²) in [6.45, 7) is 3.79. The number of esters is 1. The molecule has 28 heavy (non-hydrogen) atoms. The lowest BCUT2D eigenvalue weighted by Crippen LogP contribution is -2.26. The number of amides is 1. The molecule has 9 nitrogen and oxygen atoms in total. The van der Waals surface area contributed by atoms with Crippen LogP contribution in [-0.2, 0) is 22.4 Å². The molecule has 1 aliphatic carbocycles. The van der Waals surface area contributed by atoms with E-state index in [2.05, 4.69) is 10.4 Å². The number of carbonyl (C=O) groups excluding carboxylic acids is 2. The van der Waals surface area contributed by atoms with Crippen molar-refractivity contribution in [1.82, 2.24) is 9.78 Å². The SMILES string of the molecule is CCOC(=O)c1c(NC(=O)C(CC)n2cc([N+](=O)[O-])cn2)sc2c1CCCC2. The highest BCUT2D eigenvalue weighted by Crippen LogP contribution is 2.39. The topological polar surface area (TPSA) is 116 Å². The fourth-order valence-corrected chi connectivity index (χ4v) is 4.63. The van der Waals surface area contributed by atoms with E-state index >= 15 is 0 Å². The molecule has 0 radical (unpaired) electrons. The van der Waals surface area contributed by atoms with Crippen molar-refractivity contribution < 1.29 is 19.2 Å². The molecule has 3 rings (SSSR count). The van der Waals surface area contributed by atoms with E-state index in [1.807, 2.05) is 0 Å². The van der Waals surface area contributed by atoms with Crippen molar-refractivity contribution in [2.24, 2.45) is 0 Å². The molecular weight excluding hydrogens is 384 g/mol. The predicted molar refractivity (Wildman–Crippen MR) is 104 cm³/mol. The number of aromatic nitrogens is 2. The number of rotatable bonds is 7. The zero-order chi connectivity index (χ0) is 20.3. The molecule has 150 valence electrons. The normalized spacial score (nSPS) is 14.2. The second-order valence-electron chi connectivity index (χ2n) is 6.48. The molecule has 0 saturated carbocycles. The summed E-state index contributed by atoms with van der Waals surface area (Å²) in [5, 5.41) is 18.2. The van der Waals surface area contributed by atoms with Gasteiger partial charge in [-0.15, -0.1) is 11.3 Å². The first-order valence-electron chi connectivity index (χ1n) is 9.27. The summed E-state index contributed by atoms with van der Waals surface area (Å²) in [6, 6.07) is -0.720. The van der Waals surface area contributed by atoms with Gasteiger partial charge in [-0.25, -0.2) is 4.79 Å². The lowest BCUT2D eigenvalue weighted by atomic mass is 9.95. The molecule has 0 saturated heterocycles. The highest BCUT2D eigenvalue weighted by molar-refractivity contribution is 7.17. The Balaban J connectivity index is 1.88. The van der Waals surface area contributed by atoms with Gasteiger partial charge in [0.1, 0.15) is 23.4 Å². The van der Waals surface area contributed by atoms with Gasteiger partial charge in [-0.3, -0.25) is 19.6 Å². The number of aryl methyl sites for hydroxylation is 1. The van der Waals surface area contributed by atoms with Crippen LogP contribution in [0.15, 0.2) is 12.4 Å². The maximum absolute atomic E-state index is 12.9. The zero-order valence-electron chi connectivity index (χ0n) is 15.8. The van der Waals surface area contributed by atoms with E-state index in [0.717, 1.165) is 42.3 Å². The molecule has 1 atom stereocenters. The lowest BCUT2D eigenvalue weighted by Gasteiger charge is -2.15. The van der Waals surface area contributed by atoms with Crippen LogP contribution in [0.4, 0.5) is 10.7 Å². The first-order chi connectivity index (χ1) is 13.5. The van der Waals surface area contributed by atoms with Crippen LogP contribution in [0.5, 0.6) is 0 Å². The minimum atomic E-state index is -0.720. The Morgan fingerprint density at radius 2 is 2.14 bits per heavy atom. The van der Waals surface area contributed by atoms with Gasteiger partial charge in [-0.2, -0.15) is 5.10 Å². The largest absolute Gasteiger partial charge is 0.462 e. The standard InChI is InChI=1S/C18H22N4O5S/c1-3-13(21-10-11(9-19-21)22(25)26)16(23)20-17-15(18(24)27-4-2)12-7-5-6-8-14(12)28-17/h9-10,13H,3-8H2,1-2H3,(H,20,23). The van der Waals surface area contributed by atoms with Gasteiger partial charge in [0.25, 0.3) is 0 Å². The lowest BCUT2D eigenvalue weighted by molar-refractivity contribution is -0.385. The number of carbonyl (C=O) groups is 2. The van der Waals surface area contributed by atoms with Crippen molar-refractivity contribution in [3.8, 4) is 0 Å². The van der Waals surface area contributed by atoms with Crippen molar-refractivity contribution in [3.05, 3.63) is 38.5 Å². The van der Waals surface area contributed by atoms with E-state index < -0.39 is 16.9 Å². The average molecular weight is 406 g/mol. The van der Waals surface area contributed by atoms with Gasteiger partial charge in [0, 0.05) is 4.88 Å². The van der Waals surface area contributed by atoms with Gasteiger partial charge in [-0.05, 0) is 44.6 Å². The van der Waals surface area contributed by atoms with Crippen molar-refractivity contribution in [2.75, 3.05) is 11.9 Å². The summed E-state index contributed by atoms with van der Waals surface area (Å²) in [5.74, 6) is -0.801. The second-order valence-corrected chi connectivity index (χ2v) is 7.59. The summed E-state index contributed by atoms with van der Waals surface area (Å²) in [6.07, 6.45) is 6.47. The predicted octanol–water partition coefficient (Wildman–Crippen LogP) is 3.50. The second kappa shape index (κ2) is 8.51. The average Bonchev–Trinajstić information content (AvgIpc) is 3.27. The van der Waals surface area contributed by atoms with E-state index in [0.29, 0.717) is 17.0 Å². The van der Waals surface area contributed by atoms with Crippen molar-refractivity contribution in [1.29, 1.82) is 0 Å². The maximum atomic E-state index is 12.9. The summed E-state index contributed by atoms with van der Waals surface area (Å²) in [4.78, 5) is 36.8. The number of anilines is 1. The Hall–Kier alpha value is -2.75. The fourth-order valence-electron chi connectivity index (χ4n) is 3.35. The Bertz CT molecular complexity index is 904. The van der Waals surface area contributed by atoms with Gasteiger partial charge in [0.05, 0.1) is 17.1 Å². The smallest absolute Gasteiger partial charge is 0.341 e. The Morgan fingerprint density at radius 3 is 2.79 bits per heavy atom. The first-order valence-corrected chi connectivity index (χ1v) is 10.1. The monoisotopic (exact) mass is 406 g/mol. The van der Waals surface area contributed by atoms with Crippen LogP contribution in [0.25, 0.3) is 0 Å². The maximum Gasteiger partial charge on any atom is 0.341 e. The minimum Gasteiger partial charge on any atom is -0.462 e. The molecule has 0 spiro atoms. The number of thiophene rings is 1. The number of fused-ring (bicyclic) bond motifs is 1. The minimum absolute atomic E-state index is 0.176. The Morgan fingerprint density at radius 1 is 1.39 bits per heavy atom. The van der Waals surface area contributed by atoms with Crippen LogP contribution in [0.2, 0.25) is 0 Å². The molecule has 1 amide bonds. The molecule has 10 heteroatoms. The van der Waals surface area contributed by atoms with Gasteiger partial charge in [-0.1, -0.05) is 6.92 Å². The van der Waals surface area contributed by atoms with Crippen LogP contribution in [0.3, 0.4) is 0 Å². The Labute approximate surface area is 165 Å². The number of ether oxygens (including phenoxy) is 1. The molecule has 0 bridgehead atoms. The summed E-state index contributed by atoms with van der Waals surface area (Å²) < 4.78 is 6.48. The molecule has 0 aromatic carbocycles. The zero-order valence-corrected chi connectivity index (χ0v) is 16.6. The number of hydrogen-bond acceptors (Lipinski definition) is 7. The summed E-state index contributed by atoms with van der Waals surface area (Å²) in [7, 11) is 0. The number of hydrogen-bond donors (Lipinski definition) is 1. The first kappa shape index (κ1) is 20.0. The molecular formula is C18H22N4O5S. The number of nitrogens with one attached hydrogen (secondary N) is 1. The quantitative estimate of drug-likeness (QED) is 0.427. The van der Waals surface area contributed by atoms with Crippen LogP contribution < -0.4 is 5.32 Å². The molecule has 1 aliphatic rings. The van der Waals surface area contributed by atoms with Crippen LogP contribution in [0.1, 0.15) is 60.0 Å². The molecule has 1 unspecified atom stereocenters. The number of nitrogens with zero attached hydrogens (tertiary/aromatic N) is 3. The van der Waals surface area contributed by atoms with Crippen molar-refractivity contribution in [2.45, 2.75) is 52.0 Å². The fraction of sp³-hybridized carbons (Fsp3) is 0.500. The van der Waals surface area contributed by atoms with E-state index in [-0.39, 0.29) is 18.2 Å². The molecule has 0 aliphatic heterocycles. The third-order valence-electron chi connectivity index (χ3n) is 4.69. The summed E-state index contributed by atoms with van der Waals surface area (Å²) >= 11 is 1.41. The number of nitro groups is 1. The molecule has 0 fully saturated rings. The van der Waals surface area contributed by atoms with E-state index in [1.165, 1.54) is 22.2 Å². The molecule has 2 heterocycles. The van der Waals surface area contributed by atoms with E-state index in [4.69, 9.17) is 4.74 Å². The van der Waals surface area contributed by atoms with Gasteiger partial charge < -0.3 is 10.1 Å². The van der Waals surface area contributed by atoms with Crippen molar-refractivity contribution >= 4 is 33.9 Å². The van der Waals surface area contributed by atoms with E-state index in [1.54, 1.807) is 13.8 Å². The third-order valence-corrected chi connectivity index (χ3v) is 5.90. The van der Waals surface area contributed by atoms with Crippen LogP contribution in [0, 0.1) is 10.1 Å².